The quantitative estimate of drug-likeness (QED) is 0.108. The number of carbonyl (C=O) groups excluding carboxylic acids is 3. The Bertz CT molecular complexity index is 1910. The molecule has 2 amide bonds. The molecule has 0 unspecified atom stereocenters. The molecule has 0 radical (unpaired) electrons. The molecule has 10 nitrogen and oxygen atoms in total. The van der Waals surface area contributed by atoms with Gasteiger partial charge in [-0.3, -0.25) is 4.79 Å². The van der Waals surface area contributed by atoms with E-state index in [2.05, 4.69) is 37.3 Å². The normalized spacial score (nSPS) is 28.2. The van der Waals surface area contributed by atoms with Crippen LogP contribution in [0.25, 0.3) is 10.2 Å². The number of methoxy groups -OCH3 is 1. The molecular formula is C42H56N4O6S2. The molecular weight excluding hydrogens is 721 g/mol. The van der Waals surface area contributed by atoms with Gasteiger partial charge in [-0.15, -0.1) is 23.1 Å². The van der Waals surface area contributed by atoms with Crippen molar-refractivity contribution < 1.29 is 28.6 Å². The van der Waals surface area contributed by atoms with Crippen LogP contribution in [0.15, 0.2) is 41.3 Å². The van der Waals surface area contributed by atoms with Gasteiger partial charge < -0.3 is 29.7 Å². The fourth-order valence-electron chi connectivity index (χ4n) is 9.01. The van der Waals surface area contributed by atoms with Crippen molar-refractivity contribution in [2.24, 2.45) is 17.3 Å². The second-order valence-corrected chi connectivity index (χ2v) is 20.5. The van der Waals surface area contributed by atoms with Crippen LogP contribution >= 0.6 is 23.1 Å². The Morgan fingerprint density at radius 1 is 0.870 bits per heavy atom. The summed E-state index contributed by atoms with van der Waals surface area (Å²) in [5.41, 5.74) is 8.94. The molecule has 5 fully saturated rings. The first-order valence-electron chi connectivity index (χ1n) is 19.4. The summed E-state index contributed by atoms with van der Waals surface area (Å²) in [6.07, 6.45) is 5.54. The molecule has 2 aliphatic heterocycles. The van der Waals surface area contributed by atoms with Crippen LogP contribution < -0.4 is 5.73 Å². The number of nitrogens with zero attached hydrogens (tertiary/aromatic N) is 3. The van der Waals surface area contributed by atoms with Crippen molar-refractivity contribution in [2.45, 2.75) is 127 Å². The molecule has 12 heteroatoms. The Labute approximate surface area is 327 Å². The number of esters is 1. The summed E-state index contributed by atoms with van der Waals surface area (Å²) >= 11 is 3.44. The van der Waals surface area contributed by atoms with Crippen molar-refractivity contribution >= 4 is 57.2 Å². The summed E-state index contributed by atoms with van der Waals surface area (Å²) in [6.45, 7) is 14.8. The number of aromatic nitrogens is 1. The number of anilines is 1. The first kappa shape index (κ1) is 38.8. The Hall–Kier alpha value is -3.51. The maximum atomic E-state index is 13.8. The molecule has 292 valence electrons. The molecule has 54 heavy (non-hydrogen) atoms. The van der Waals surface area contributed by atoms with Crippen LogP contribution in [0.3, 0.4) is 0 Å². The Morgan fingerprint density at radius 3 is 2.07 bits per heavy atom. The summed E-state index contributed by atoms with van der Waals surface area (Å²) in [7, 11) is 1.47. The van der Waals surface area contributed by atoms with Gasteiger partial charge in [0.25, 0.3) is 0 Å². The van der Waals surface area contributed by atoms with Crippen molar-refractivity contribution in [1.82, 2.24) is 14.8 Å². The van der Waals surface area contributed by atoms with E-state index in [4.69, 9.17) is 24.9 Å². The van der Waals surface area contributed by atoms with Gasteiger partial charge in [-0.2, -0.15) is 0 Å². The molecule has 3 saturated carbocycles. The lowest BCUT2D eigenvalue weighted by Gasteiger charge is -2.67. The molecule has 8 rings (SSSR count). The van der Waals surface area contributed by atoms with Gasteiger partial charge in [0.05, 0.1) is 34.8 Å². The lowest BCUT2D eigenvalue weighted by Crippen LogP contribution is -2.68. The third-order valence-corrected chi connectivity index (χ3v) is 14.1. The number of hydrogen-bond donors (Lipinski definition) is 1. The van der Waals surface area contributed by atoms with Gasteiger partial charge in [-0.25, -0.2) is 14.6 Å². The number of piperidine rings is 2. The van der Waals surface area contributed by atoms with Crippen molar-refractivity contribution in [1.29, 1.82) is 0 Å². The highest BCUT2D eigenvalue weighted by Crippen LogP contribution is 2.74. The molecule has 0 spiro atoms. The van der Waals surface area contributed by atoms with E-state index in [-0.39, 0.29) is 47.0 Å². The fraction of sp³-hybridized carbons (Fsp3) is 0.619. The van der Waals surface area contributed by atoms with Crippen LogP contribution in [-0.4, -0.2) is 70.1 Å². The summed E-state index contributed by atoms with van der Waals surface area (Å²) in [5.74, 6) is 1.37. The van der Waals surface area contributed by atoms with Crippen LogP contribution in [0.5, 0.6) is 0 Å². The number of thioether (sulfide) groups is 1. The predicted octanol–water partition coefficient (Wildman–Crippen LogP) is 9.66. The highest BCUT2D eigenvalue weighted by molar-refractivity contribution is 7.99. The molecule has 2 N–H and O–H groups in total. The van der Waals surface area contributed by atoms with Crippen LogP contribution in [-0.2, 0) is 24.4 Å². The Balaban J connectivity index is 1.03. The molecule has 3 heterocycles. The predicted molar refractivity (Wildman–Crippen MR) is 214 cm³/mol. The van der Waals surface area contributed by atoms with Gasteiger partial charge in [0.2, 0.25) is 0 Å². The summed E-state index contributed by atoms with van der Waals surface area (Å²) in [6, 6.07) is 12.4. The maximum absolute atomic E-state index is 13.8. The lowest BCUT2D eigenvalue weighted by atomic mass is 9.35. The lowest BCUT2D eigenvalue weighted by molar-refractivity contribution is -0.198. The minimum atomic E-state index is -0.618. The van der Waals surface area contributed by atoms with E-state index < -0.39 is 11.2 Å². The summed E-state index contributed by atoms with van der Waals surface area (Å²) < 4.78 is 17.9. The van der Waals surface area contributed by atoms with Crippen LogP contribution in [0.4, 0.5) is 15.3 Å². The van der Waals surface area contributed by atoms with Crippen molar-refractivity contribution in [3.63, 3.8) is 0 Å². The van der Waals surface area contributed by atoms with Crippen molar-refractivity contribution in [3.8, 4) is 0 Å². The zero-order chi connectivity index (χ0) is 38.8. The van der Waals surface area contributed by atoms with Crippen LogP contribution in [0.2, 0.25) is 0 Å². The summed E-state index contributed by atoms with van der Waals surface area (Å²) in [5, 5.41) is 1.10. The van der Waals surface area contributed by atoms with Crippen molar-refractivity contribution in [2.75, 3.05) is 31.7 Å². The second kappa shape index (κ2) is 14.2. The van der Waals surface area contributed by atoms with Gasteiger partial charge in [-0.05, 0) is 134 Å². The Morgan fingerprint density at radius 2 is 1.46 bits per heavy atom. The van der Waals surface area contributed by atoms with Gasteiger partial charge >= 0.3 is 18.2 Å². The average Bonchev–Trinajstić information content (AvgIpc) is 3.48. The number of hydrogen-bond acceptors (Lipinski definition) is 10. The van der Waals surface area contributed by atoms with Crippen LogP contribution in [0, 0.1) is 17.3 Å². The maximum Gasteiger partial charge on any atom is 0.410 e. The minimum Gasteiger partial charge on any atom is -0.469 e. The van der Waals surface area contributed by atoms with E-state index in [1.807, 2.05) is 57.4 Å². The molecule has 4 atom stereocenters. The smallest absolute Gasteiger partial charge is 0.410 e. The number of fused-ring (bicyclic) bond motifs is 1. The van der Waals surface area contributed by atoms with E-state index in [0.29, 0.717) is 24.7 Å². The van der Waals surface area contributed by atoms with E-state index in [1.165, 1.54) is 7.11 Å². The number of nitrogen functional groups attached to an aromatic ring is 1. The van der Waals surface area contributed by atoms with Gasteiger partial charge in [0.1, 0.15) is 16.2 Å². The number of amides is 2. The zero-order valence-electron chi connectivity index (χ0n) is 33.0. The molecule has 2 saturated heterocycles. The number of ether oxygens (including phenoxy) is 3. The van der Waals surface area contributed by atoms with Gasteiger partial charge in [0.15, 0.2) is 0 Å². The highest BCUT2D eigenvalue weighted by atomic mass is 32.2. The fourth-order valence-corrected chi connectivity index (χ4v) is 11.2. The largest absolute Gasteiger partial charge is 0.469 e. The topological polar surface area (TPSA) is 124 Å². The average molecular weight is 777 g/mol. The number of benzene rings is 2. The standard InChI is InChI=1S/C42H56N4O6S2/c1-25-9-13-31(45(19-25)37(48)51-39(2,3)4)27-11-15-33(29(43)17-27)53-21-26-10-14-32(46(20-26)38(49)52-40(5,6)7)28-12-16-34-30(18-28)44-35(54-34)41-22-42(23-41,24-41)36(47)50-8/h11-12,15-18,25-26,31-32H,9-10,13-14,19-24,43H2,1-8H3/t25-,26-,31+,32+,41?,42?/m0/s1. The van der Waals surface area contributed by atoms with E-state index in [1.54, 1.807) is 23.1 Å². The number of carbonyl (C=O) groups is 3. The molecule has 5 aliphatic rings. The second-order valence-electron chi connectivity index (χ2n) is 18.4. The van der Waals surface area contributed by atoms with Gasteiger partial charge in [0, 0.05) is 34.8 Å². The van der Waals surface area contributed by atoms with E-state index >= 15 is 0 Å². The molecule has 1 aromatic heterocycles. The molecule has 2 aromatic carbocycles. The Kier molecular flexibility index (Phi) is 10.2. The molecule has 3 aliphatic carbocycles. The van der Waals surface area contributed by atoms with Crippen LogP contribution in [0.1, 0.15) is 122 Å². The van der Waals surface area contributed by atoms with E-state index in [0.717, 1.165) is 81.9 Å². The first-order valence-corrected chi connectivity index (χ1v) is 21.2. The first-order chi connectivity index (χ1) is 25.4. The third-order valence-electron chi connectivity index (χ3n) is 11.5. The van der Waals surface area contributed by atoms with E-state index in [9.17, 15) is 14.4 Å². The number of thiazole rings is 1. The SMILES string of the molecule is COC(=O)C12CC(c3nc4cc([C@H]5CC[C@H](CSc6ccc([C@H]7CC[C@H](C)CN7C(=O)OC(C)(C)C)cc6N)CN5C(=O)OC(C)(C)C)ccc4s3)(C1)C2. The number of nitrogens with two attached hydrogens (primary N) is 1. The third kappa shape index (κ3) is 7.66. The summed E-state index contributed by atoms with van der Waals surface area (Å²) in [4.78, 5) is 49.1. The van der Waals surface area contributed by atoms with Crippen molar-refractivity contribution in [3.05, 3.63) is 52.5 Å². The molecule has 3 aromatic rings. The monoisotopic (exact) mass is 776 g/mol. The number of rotatable bonds is 7. The highest BCUT2D eigenvalue weighted by Gasteiger charge is 2.74. The molecule has 2 bridgehead atoms. The zero-order valence-corrected chi connectivity index (χ0v) is 34.7. The number of likely N-dealkylation sites (tertiary alicyclic amines) is 2. The minimum absolute atomic E-state index is 0.00492. The van der Waals surface area contributed by atoms with Gasteiger partial charge in [-0.1, -0.05) is 19.1 Å².